The number of benzene rings is 1. The Hall–Kier alpha value is -5.31. The maximum atomic E-state index is 5.98. The van der Waals surface area contributed by atoms with Crippen LogP contribution in [-0.4, -0.2) is 39.7 Å². The summed E-state index contributed by atoms with van der Waals surface area (Å²) in [5.41, 5.74) is 8.72. The minimum atomic E-state index is 0.472. The van der Waals surface area contributed by atoms with Crippen molar-refractivity contribution in [3.63, 3.8) is 0 Å². The van der Waals surface area contributed by atoms with Crippen LogP contribution in [0.15, 0.2) is 91.9 Å². The number of hydrogen-bond acceptors (Lipinski definition) is 6. The molecular weight excluding hydrogens is 476 g/mol. The Morgan fingerprint density at radius 1 is 0.921 bits per heavy atom. The molecule has 0 aliphatic carbocycles. The van der Waals surface area contributed by atoms with Gasteiger partial charge in [0.15, 0.2) is 0 Å². The third kappa shape index (κ3) is 3.96. The van der Waals surface area contributed by atoms with Crippen molar-refractivity contribution in [3.05, 3.63) is 103 Å². The lowest BCUT2D eigenvalue weighted by Crippen LogP contribution is -1.96. The van der Waals surface area contributed by atoms with Crippen LogP contribution in [0.4, 0.5) is 0 Å². The number of imidazole rings is 1. The van der Waals surface area contributed by atoms with Crippen LogP contribution in [-0.2, 0) is 6.61 Å². The predicted molar refractivity (Wildman–Crippen MR) is 145 cm³/mol. The Kier molecular flexibility index (Phi) is 5.18. The lowest BCUT2D eigenvalue weighted by molar-refractivity contribution is 0.305. The third-order valence-corrected chi connectivity index (χ3v) is 6.43. The normalized spacial score (nSPS) is 11.4. The van der Waals surface area contributed by atoms with Gasteiger partial charge in [0.1, 0.15) is 23.6 Å². The number of ether oxygens (including phenoxy) is 1. The van der Waals surface area contributed by atoms with Crippen molar-refractivity contribution < 1.29 is 4.74 Å². The van der Waals surface area contributed by atoms with Crippen molar-refractivity contribution >= 4 is 21.9 Å². The number of nitrogens with zero attached hydrogens (tertiary/aromatic N) is 6. The first-order valence-corrected chi connectivity index (χ1v) is 12.2. The molecule has 184 valence electrons. The highest BCUT2D eigenvalue weighted by molar-refractivity contribution is 5.96. The summed E-state index contributed by atoms with van der Waals surface area (Å²) in [4.78, 5) is 21.6. The number of pyridine rings is 3. The van der Waals surface area contributed by atoms with Crippen LogP contribution < -0.4 is 4.74 Å². The fourth-order valence-corrected chi connectivity index (χ4v) is 4.55. The molecule has 0 atom stereocenters. The molecule has 2 N–H and O–H groups in total. The highest BCUT2D eigenvalue weighted by Crippen LogP contribution is 2.32. The number of H-pyrrole nitrogens is 2. The average Bonchev–Trinajstić information content (AvgIpc) is 3.70. The third-order valence-electron chi connectivity index (χ3n) is 6.43. The Balaban J connectivity index is 1.24. The zero-order chi connectivity index (χ0) is 25.5. The van der Waals surface area contributed by atoms with Crippen LogP contribution >= 0.6 is 0 Å². The molecule has 6 heterocycles. The van der Waals surface area contributed by atoms with Crippen LogP contribution in [0.3, 0.4) is 0 Å². The number of aryl methyl sites for hydroxylation is 1. The molecule has 0 radical (unpaired) electrons. The van der Waals surface area contributed by atoms with Gasteiger partial charge in [-0.1, -0.05) is 30.3 Å². The fraction of sp³-hybridized carbons (Fsp3) is 0.0690. The molecule has 0 unspecified atom stereocenters. The lowest BCUT2D eigenvalue weighted by Gasteiger charge is -2.08. The summed E-state index contributed by atoms with van der Waals surface area (Å²) in [5.74, 6) is 0.686. The summed E-state index contributed by atoms with van der Waals surface area (Å²) in [5, 5.41) is 8.71. The second kappa shape index (κ2) is 8.97. The number of rotatable bonds is 6. The van der Waals surface area contributed by atoms with E-state index in [0.29, 0.717) is 12.4 Å². The van der Waals surface area contributed by atoms with Crippen molar-refractivity contribution in [2.75, 3.05) is 0 Å². The summed E-state index contributed by atoms with van der Waals surface area (Å²) in [7, 11) is 0. The minimum absolute atomic E-state index is 0.472. The quantitative estimate of drug-likeness (QED) is 0.307. The highest BCUT2D eigenvalue weighted by Gasteiger charge is 2.16. The molecule has 0 aliphatic heterocycles. The first kappa shape index (κ1) is 21.9. The summed E-state index contributed by atoms with van der Waals surface area (Å²) >= 11 is 0. The zero-order valence-electron chi connectivity index (χ0n) is 20.5. The summed E-state index contributed by atoms with van der Waals surface area (Å²) in [6, 6.07) is 18.0. The Morgan fingerprint density at radius 2 is 1.82 bits per heavy atom. The first-order chi connectivity index (χ1) is 18.7. The van der Waals surface area contributed by atoms with Crippen molar-refractivity contribution in [2.45, 2.75) is 13.5 Å². The molecule has 6 aromatic heterocycles. The second-order valence-corrected chi connectivity index (χ2v) is 9.07. The molecule has 1 aromatic carbocycles. The molecule has 7 rings (SSSR count). The number of fused-ring (bicyclic) bond motifs is 2. The van der Waals surface area contributed by atoms with Gasteiger partial charge in [0, 0.05) is 23.3 Å². The maximum absolute atomic E-state index is 5.98. The topological polar surface area (TPSA) is 110 Å². The molecule has 0 saturated heterocycles. The van der Waals surface area contributed by atoms with Crippen LogP contribution in [0.5, 0.6) is 5.75 Å². The van der Waals surface area contributed by atoms with Gasteiger partial charge in [-0.15, -0.1) is 0 Å². The van der Waals surface area contributed by atoms with E-state index in [1.54, 1.807) is 18.7 Å². The Morgan fingerprint density at radius 3 is 2.68 bits per heavy atom. The van der Waals surface area contributed by atoms with Gasteiger partial charge in [0.25, 0.3) is 0 Å². The van der Waals surface area contributed by atoms with Gasteiger partial charge in [-0.3, -0.25) is 15.1 Å². The summed E-state index contributed by atoms with van der Waals surface area (Å²) in [6.07, 6.45) is 10.9. The largest absolute Gasteiger partial charge is 0.487 e. The SMILES string of the molecule is Cc1cn(-c2cncc3[nH]c(-c4n[nH]c5ccc(-c6cncc(OCc7ccccc7)c6)nc45)cc23)cn1. The minimum Gasteiger partial charge on any atom is -0.487 e. The van der Waals surface area contributed by atoms with E-state index in [2.05, 4.69) is 36.2 Å². The number of nitrogens with one attached hydrogen (secondary N) is 2. The van der Waals surface area contributed by atoms with Gasteiger partial charge in [0.2, 0.25) is 0 Å². The molecule has 0 saturated carbocycles. The fourth-order valence-electron chi connectivity index (χ4n) is 4.55. The molecule has 38 heavy (non-hydrogen) atoms. The number of aromatic nitrogens is 8. The van der Waals surface area contributed by atoms with Crippen LogP contribution in [0.1, 0.15) is 11.3 Å². The van der Waals surface area contributed by atoms with Crippen molar-refractivity contribution in [1.82, 2.24) is 39.7 Å². The van der Waals surface area contributed by atoms with Gasteiger partial charge >= 0.3 is 0 Å². The van der Waals surface area contributed by atoms with E-state index in [1.165, 1.54) is 0 Å². The van der Waals surface area contributed by atoms with E-state index in [9.17, 15) is 0 Å². The molecule has 7 aromatic rings. The first-order valence-electron chi connectivity index (χ1n) is 12.2. The predicted octanol–water partition coefficient (Wildman–Crippen LogP) is 5.64. The van der Waals surface area contributed by atoms with Gasteiger partial charge < -0.3 is 14.3 Å². The average molecular weight is 499 g/mol. The molecular formula is C29H22N8O. The van der Waals surface area contributed by atoms with Crippen LogP contribution in [0, 0.1) is 6.92 Å². The smallest absolute Gasteiger partial charge is 0.138 e. The Bertz CT molecular complexity index is 1900. The summed E-state index contributed by atoms with van der Waals surface area (Å²) in [6.45, 7) is 2.44. The Labute approximate surface area is 217 Å². The molecule has 9 heteroatoms. The molecule has 0 fully saturated rings. The molecule has 9 nitrogen and oxygen atoms in total. The van der Waals surface area contributed by atoms with Gasteiger partial charge in [-0.25, -0.2) is 9.97 Å². The van der Waals surface area contributed by atoms with E-state index in [0.717, 1.165) is 61.5 Å². The van der Waals surface area contributed by atoms with Gasteiger partial charge in [-0.2, -0.15) is 5.10 Å². The van der Waals surface area contributed by atoms with E-state index >= 15 is 0 Å². The standard InChI is InChI=1S/C29H22N8O/c1-18-15-37(17-32-18)27-14-31-13-26-22(27)10-25(33-26)29-28-24(35-36-29)8-7-23(34-28)20-9-21(12-30-11-20)38-16-19-5-3-2-4-6-19/h2-15,17,33H,16H2,1H3,(H,35,36). The lowest BCUT2D eigenvalue weighted by atomic mass is 10.1. The monoisotopic (exact) mass is 498 g/mol. The maximum Gasteiger partial charge on any atom is 0.138 e. The van der Waals surface area contributed by atoms with Crippen molar-refractivity contribution in [2.24, 2.45) is 0 Å². The second-order valence-electron chi connectivity index (χ2n) is 9.07. The number of aromatic amines is 2. The molecule has 0 aliphatic rings. The van der Waals surface area contributed by atoms with Crippen molar-refractivity contribution in [3.8, 4) is 34.1 Å². The van der Waals surface area contributed by atoms with E-state index in [1.807, 2.05) is 78.6 Å². The van der Waals surface area contributed by atoms with E-state index < -0.39 is 0 Å². The van der Waals surface area contributed by atoms with Crippen LogP contribution in [0.25, 0.3) is 50.3 Å². The van der Waals surface area contributed by atoms with E-state index in [4.69, 9.17) is 9.72 Å². The molecule has 0 amide bonds. The highest BCUT2D eigenvalue weighted by atomic mass is 16.5. The number of hydrogen-bond donors (Lipinski definition) is 2. The van der Waals surface area contributed by atoms with Gasteiger partial charge in [-0.05, 0) is 36.8 Å². The van der Waals surface area contributed by atoms with E-state index in [-0.39, 0.29) is 0 Å². The van der Waals surface area contributed by atoms with Crippen molar-refractivity contribution in [1.29, 1.82) is 0 Å². The van der Waals surface area contributed by atoms with Gasteiger partial charge in [0.05, 0.1) is 58.7 Å². The summed E-state index contributed by atoms with van der Waals surface area (Å²) < 4.78 is 7.95. The van der Waals surface area contributed by atoms with Crippen LogP contribution in [0.2, 0.25) is 0 Å². The molecule has 0 spiro atoms. The molecule has 0 bridgehead atoms. The zero-order valence-corrected chi connectivity index (χ0v) is 20.5.